The lowest BCUT2D eigenvalue weighted by atomic mass is 9.98. The van der Waals surface area contributed by atoms with Gasteiger partial charge in [-0.05, 0) is 49.6 Å². The fourth-order valence-electron chi connectivity index (χ4n) is 3.50. The Labute approximate surface area is 186 Å². The van der Waals surface area contributed by atoms with E-state index < -0.39 is 0 Å². The van der Waals surface area contributed by atoms with Gasteiger partial charge in [-0.1, -0.05) is 48.5 Å². The molecule has 32 heavy (non-hydrogen) atoms. The monoisotopic (exact) mass is 430 g/mol. The predicted octanol–water partition coefficient (Wildman–Crippen LogP) is 3.44. The van der Waals surface area contributed by atoms with E-state index in [-0.39, 0.29) is 23.8 Å². The maximum atomic E-state index is 12.4. The number of aromatic amines is 1. The van der Waals surface area contributed by atoms with Gasteiger partial charge in [0.1, 0.15) is 5.82 Å². The minimum Gasteiger partial charge on any atom is -0.347 e. The molecule has 0 fully saturated rings. The third-order valence-corrected chi connectivity index (χ3v) is 4.95. The van der Waals surface area contributed by atoms with E-state index in [9.17, 15) is 4.79 Å². The largest absolute Gasteiger partial charge is 0.347 e. The highest BCUT2D eigenvalue weighted by Gasteiger charge is 2.19. The highest BCUT2D eigenvalue weighted by atomic mass is 16.2. The van der Waals surface area contributed by atoms with E-state index in [1.165, 1.54) is 0 Å². The van der Waals surface area contributed by atoms with Gasteiger partial charge >= 0.3 is 0 Å². The molecule has 4 rings (SSSR count). The molecule has 0 spiro atoms. The quantitative estimate of drug-likeness (QED) is 0.464. The van der Waals surface area contributed by atoms with Gasteiger partial charge in [0, 0.05) is 24.1 Å². The van der Waals surface area contributed by atoms with Crippen molar-refractivity contribution in [3.05, 3.63) is 65.7 Å². The number of hydrogen-bond donors (Lipinski definition) is 2. The van der Waals surface area contributed by atoms with Crippen molar-refractivity contribution in [1.82, 2.24) is 40.7 Å². The molecule has 0 saturated heterocycles. The second kappa shape index (κ2) is 9.09. The molecule has 2 N–H and O–H groups in total. The first-order valence-electron chi connectivity index (χ1n) is 10.6. The molecule has 164 valence electrons. The van der Waals surface area contributed by atoms with Crippen molar-refractivity contribution in [2.45, 2.75) is 46.2 Å². The van der Waals surface area contributed by atoms with Crippen LogP contribution in [0.25, 0.3) is 22.5 Å². The van der Waals surface area contributed by atoms with Crippen LogP contribution >= 0.6 is 0 Å². The lowest BCUT2D eigenvalue weighted by Crippen LogP contribution is -2.31. The van der Waals surface area contributed by atoms with Crippen molar-refractivity contribution in [2.75, 3.05) is 0 Å². The summed E-state index contributed by atoms with van der Waals surface area (Å²) < 4.78 is 1.81. The summed E-state index contributed by atoms with van der Waals surface area (Å²) in [6, 6.07) is 16.3. The standard InChI is InChI=1S/C23H26N8O/c1-14(2)24-23(32)22-25-20(31(28-22)15(3)4)13-16-9-11-17(12-10-16)18-7-5-6-8-19(18)21-26-29-30-27-21/h5-12,14-15H,13H2,1-4H3,(H,24,32)(H,26,27,29,30). The summed E-state index contributed by atoms with van der Waals surface area (Å²) in [6.07, 6.45) is 0.576. The van der Waals surface area contributed by atoms with Gasteiger partial charge in [0.05, 0.1) is 0 Å². The Balaban J connectivity index is 1.59. The van der Waals surface area contributed by atoms with Crippen LogP contribution in [0.1, 0.15) is 55.7 Å². The molecule has 0 aliphatic rings. The molecular weight excluding hydrogens is 404 g/mol. The third-order valence-electron chi connectivity index (χ3n) is 4.95. The van der Waals surface area contributed by atoms with Crippen LogP contribution in [-0.4, -0.2) is 47.3 Å². The van der Waals surface area contributed by atoms with Crippen LogP contribution in [0.4, 0.5) is 0 Å². The van der Waals surface area contributed by atoms with Crippen LogP contribution in [0.5, 0.6) is 0 Å². The molecule has 0 atom stereocenters. The normalized spacial score (nSPS) is 11.3. The second-order valence-corrected chi connectivity index (χ2v) is 8.17. The first-order chi connectivity index (χ1) is 15.4. The predicted molar refractivity (Wildman–Crippen MR) is 121 cm³/mol. The van der Waals surface area contributed by atoms with Gasteiger partial charge in [-0.3, -0.25) is 4.79 Å². The minimum absolute atomic E-state index is 0.0276. The Morgan fingerprint density at radius 3 is 2.38 bits per heavy atom. The smallest absolute Gasteiger partial charge is 0.291 e. The SMILES string of the molecule is CC(C)NC(=O)c1nc(Cc2ccc(-c3ccccc3-c3nn[nH]n3)cc2)n(C(C)C)n1. The molecule has 0 bridgehead atoms. The molecule has 9 nitrogen and oxygen atoms in total. The van der Waals surface area contributed by atoms with E-state index >= 15 is 0 Å². The average molecular weight is 431 g/mol. The van der Waals surface area contributed by atoms with E-state index in [4.69, 9.17) is 0 Å². The number of carbonyl (C=O) groups is 1. The third kappa shape index (κ3) is 4.56. The van der Waals surface area contributed by atoms with E-state index in [1.807, 2.05) is 56.6 Å². The number of H-pyrrole nitrogens is 1. The number of aromatic nitrogens is 7. The van der Waals surface area contributed by atoms with E-state index in [2.05, 4.69) is 60.3 Å². The lowest BCUT2D eigenvalue weighted by molar-refractivity contribution is 0.0932. The number of carbonyl (C=O) groups excluding carboxylic acids is 1. The van der Waals surface area contributed by atoms with Crippen LogP contribution in [0, 0.1) is 0 Å². The molecule has 4 aromatic rings. The van der Waals surface area contributed by atoms with Crippen molar-refractivity contribution < 1.29 is 4.79 Å². The van der Waals surface area contributed by atoms with Crippen LogP contribution in [0.2, 0.25) is 0 Å². The van der Waals surface area contributed by atoms with Crippen molar-refractivity contribution in [3.8, 4) is 22.5 Å². The van der Waals surface area contributed by atoms with Gasteiger partial charge < -0.3 is 5.32 Å². The van der Waals surface area contributed by atoms with Crippen LogP contribution in [0.3, 0.4) is 0 Å². The summed E-state index contributed by atoms with van der Waals surface area (Å²) in [4.78, 5) is 16.9. The van der Waals surface area contributed by atoms with E-state index in [0.29, 0.717) is 12.2 Å². The zero-order valence-electron chi connectivity index (χ0n) is 18.6. The van der Waals surface area contributed by atoms with Gasteiger partial charge in [0.25, 0.3) is 5.91 Å². The van der Waals surface area contributed by atoms with Crippen LogP contribution in [-0.2, 0) is 6.42 Å². The molecule has 2 heterocycles. The number of amides is 1. The fourth-order valence-corrected chi connectivity index (χ4v) is 3.50. The van der Waals surface area contributed by atoms with Crippen LogP contribution < -0.4 is 5.32 Å². The summed E-state index contributed by atoms with van der Waals surface area (Å²) in [5, 5.41) is 21.7. The fraction of sp³-hybridized carbons (Fsp3) is 0.304. The van der Waals surface area contributed by atoms with Gasteiger partial charge in [0.15, 0.2) is 0 Å². The number of nitrogens with one attached hydrogen (secondary N) is 2. The maximum Gasteiger partial charge on any atom is 0.291 e. The summed E-state index contributed by atoms with van der Waals surface area (Å²) in [7, 11) is 0. The summed E-state index contributed by atoms with van der Waals surface area (Å²) in [6.45, 7) is 7.88. The second-order valence-electron chi connectivity index (χ2n) is 8.17. The Morgan fingerprint density at radius 2 is 1.75 bits per heavy atom. The van der Waals surface area contributed by atoms with Crippen molar-refractivity contribution in [1.29, 1.82) is 0 Å². The van der Waals surface area contributed by atoms with E-state index in [1.54, 1.807) is 0 Å². The molecule has 0 aliphatic heterocycles. The Hall–Kier alpha value is -3.88. The van der Waals surface area contributed by atoms with Crippen molar-refractivity contribution in [3.63, 3.8) is 0 Å². The van der Waals surface area contributed by atoms with Crippen molar-refractivity contribution in [2.24, 2.45) is 0 Å². The molecule has 1 amide bonds. The number of hydrogen-bond acceptors (Lipinski definition) is 6. The summed E-state index contributed by atoms with van der Waals surface area (Å²) >= 11 is 0. The van der Waals surface area contributed by atoms with Gasteiger partial charge in [0.2, 0.25) is 11.6 Å². The molecule has 0 saturated carbocycles. The topological polar surface area (TPSA) is 114 Å². The average Bonchev–Trinajstić information content (AvgIpc) is 3.44. The zero-order valence-corrected chi connectivity index (χ0v) is 18.6. The Kier molecular flexibility index (Phi) is 6.07. The van der Waals surface area contributed by atoms with Gasteiger partial charge in [-0.25, -0.2) is 9.67 Å². The number of tetrazole rings is 1. The maximum absolute atomic E-state index is 12.4. The van der Waals surface area contributed by atoms with Gasteiger partial charge in [-0.2, -0.15) is 5.21 Å². The summed E-state index contributed by atoms with van der Waals surface area (Å²) in [5.74, 6) is 1.26. The zero-order chi connectivity index (χ0) is 22.7. The Bertz CT molecular complexity index is 1190. The first kappa shape index (κ1) is 21.4. The molecule has 2 aromatic carbocycles. The first-order valence-corrected chi connectivity index (χ1v) is 10.6. The molecule has 9 heteroatoms. The van der Waals surface area contributed by atoms with Gasteiger partial charge in [-0.15, -0.1) is 15.3 Å². The number of benzene rings is 2. The molecule has 2 aromatic heterocycles. The molecule has 0 radical (unpaired) electrons. The summed E-state index contributed by atoms with van der Waals surface area (Å²) in [5.41, 5.74) is 4.07. The Morgan fingerprint density at radius 1 is 1.03 bits per heavy atom. The van der Waals surface area contributed by atoms with Crippen LogP contribution in [0.15, 0.2) is 48.5 Å². The highest BCUT2D eigenvalue weighted by Crippen LogP contribution is 2.30. The number of nitrogens with zero attached hydrogens (tertiary/aromatic N) is 6. The number of rotatable bonds is 7. The van der Waals surface area contributed by atoms with Crippen molar-refractivity contribution >= 4 is 5.91 Å². The lowest BCUT2D eigenvalue weighted by Gasteiger charge is -2.10. The van der Waals surface area contributed by atoms with E-state index in [0.717, 1.165) is 28.1 Å². The minimum atomic E-state index is -0.255. The molecule has 0 aliphatic carbocycles. The molecule has 0 unspecified atom stereocenters. The highest BCUT2D eigenvalue weighted by molar-refractivity contribution is 5.90. The molecular formula is C23H26N8O.